The van der Waals surface area contributed by atoms with E-state index in [1.54, 1.807) is 18.2 Å². The number of hydrogen-bond donors (Lipinski definition) is 4. The number of nitrogens with one attached hydrogen (secondary N) is 1. The molecule has 5 N–H and O–H groups in total. The monoisotopic (exact) mass is 432 g/mol. The van der Waals surface area contributed by atoms with Crippen molar-refractivity contribution in [2.24, 2.45) is 23.5 Å². The van der Waals surface area contributed by atoms with Gasteiger partial charge in [0.25, 0.3) is 0 Å². The summed E-state index contributed by atoms with van der Waals surface area (Å²) >= 11 is 0. The van der Waals surface area contributed by atoms with Gasteiger partial charge in [-0.2, -0.15) is 0 Å². The number of phenolic OH excluding ortho intramolecular Hbond substituents is 1. The molecule has 4 atom stereocenters. The highest BCUT2D eigenvalue weighted by atomic mass is 16.4. The van der Waals surface area contributed by atoms with Gasteiger partial charge in [0, 0.05) is 24.6 Å². The van der Waals surface area contributed by atoms with Gasteiger partial charge in [-0.25, -0.2) is 4.79 Å². The highest BCUT2D eigenvalue weighted by Gasteiger charge is 2.15. The van der Waals surface area contributed by atoms with E-state index in [0.717, 1.165) is 64.2 Å². The van der Waals surface area contributed by atoms with E-state index in [2.05, 4.69) is 5.32 Å². The Balaban J connectivity index is 2.63. The third-order valence-corrected chi connectivity index (χ3v) is 5.80. The fourth-order valence-corrected chi connectivity index (χ4v) is 3.87. The maximum Gasteiger partial charge on any atom is 0.327 e. The number of aliphatic carboxylic acids is 1. The summed E-state index contributed by atoms with van der Waals surface area (Å²) in [5, 5.41) is 21.6. The molecule has 0 fully saturated rings. The van der Waals surface area contributed by atoms with Crippen molar-refractivity contribution < 1.29 is 19.8 Å². The summed E-state index contributed by atoms with van der Waals surface area (Å²) in [5.41, 5.74) is 7.50. The van der Waals surface area contributed by atoms with Crippen LogP contribution in [-0.2, 0) is 16.0 Å². The molecule has 0 aliphatic heterocycles. The van der Waals surface area contributed by atoms with Crippen LogP contribution < -0.4 is 11.1 Å². The summed E-state index contributed by atoms with van der Waals surface area (Å²) in [5.74, 6) is 0.0815. The Hall–Kier alpha value is -2.18. The van der Waals surface area contributed by atoms with Crippen LogP contribution in [0.1, 0.15) is 57.4 Å². The lowest BCUT2D eigenvalue weighted by atomic mass is 9.86. The van der Waals surface area contributed by atoms with Crippen LogP contribution in [0.2, 0.25) is 0 Å². The largest absolute Gasteiger partial charge is 0.508 e. The first-order valence-corrected chi connectivity index (χ1v) is 11.4. The number of carbonyl (C=O) groups excluding carboxylic acids is 1. The molecule has 1 rings (SSSR count). The molecule has 0 aromatic heterocycles. The van der Waals surface area contributed by atoms with E-state index in [1.807, 2.05) is 26.1 Å². The second-order valence-corrected chi connectivity index (χ2v) is 8.71. The minimum atomic E-state index is -0.913. The number of rotatable bonds is 17. The molecule has 174 valence electrons. The number of carboxylic acids is 1. The van der Waals surface area contributed by atoms with Gasteiger partial charge in [-0.3, -0.25) is 0 Å². The zero-order chi connectivity index (χ0) is 23.1. The Bertz CT molecular complexity index is 660. The molecule has 0 bridgehead atoms. The minimum absolute atomic E-state index is 0.0572. The number of aldehydes is 1. The average Bonchev–Trinajstić information content (AvgIpc) is 2.75. The average molecular weight is 433 g/mol. The SMILES string of the molecule is CNCC(C=CC(=O)O)CCCC(CCC(N)CCC(C)C=O)Cc1ccc(O)cc1. The van der Waals surface area contributed by atoms with Crippen molar-refractivity contribution in [1.29, 1.82) is 0 Å². The molecule has 0 aliphatic rings. The van der Waals surface area contributed by atoms with E-state index in [9.17, 15) is 14.7 Å². The molecule has 0 radical (unpaired) electrons. The van der Waals surface area contributed by atoms with Gasteiger partial charge < -0.3 is 26.1 Å². The number of aromatic hydroxyl groups is 1. The van der Waals surface area contributed by atoms with Crippen LogP contribution in [0.3, 0.4) is 0 Å². The Kier molecular flexibility index (Phi) is 13.5. The van der Waals surface area contributed by atoms with Gasteiger partial charge in [-0.1, -0.05) is 38.0 Å². The molecule has 0 heterocycles. The first-order valence-electron chi connectivity index (χ1n) is 11.4. The molecule has 0 aliphatic carbocycles. The second kappa shape index (κ2) is 15.6. The van der Waals surface area contributed by atoms with Crippen LogP contribution in [0.4, 0.5) is 0 Å². The van der Waals surface area contributed by atoms with Crippen molar-refractivity contribution in [2.45, 2.75) is 64.3 Å². The minimum Gasteiger partial charge on any atom is -0.508 e. The molecule has 0 amide bonds. The Labute approximate surface area is 186 Å². The standard InChI is InChI=1S/C25H40N2O4/c1-19(18-28)6-11-23(26)12-7-20(16-21-8-13-24(29)14-9-21)4-3-5-22(17-27-2)10-15-25(30)31/h8-10,13-15,18-20,22-23,27,29H,3-7,11-12,16-17,26H2,1-2H3,(H,30,31). The topological polar surface area (TPSA) is 113 Å². The van der Waals surface area contributed by atoms with Crippen LogP contribution in [-0.4, -0.2) is 42.1 Å². The Morgan fingerprint density at radius 3 is 2.39 bits per heavy atom. The number of benzene rings is 1. The predicted octanol–water partition coefficient (Wildman–Crippen LogP) is 3.92. The quantitative estimate of drug-likeness (QED) is 0.219. The van der Waals surface area contributed by atoms with E-state index in [0.29, 0.717) is 5.92 Å². The third-order valence-electron chi connectivity index (χ3n) is 5.80. The lowest BCUT2D eigenvalue weighted by Crippen LogP contribution is -2.22. The third kappa shape index (κ3) is 13.0. The van der Waals surface area contributed by atoms with Gasteiger partial charge in [0.1, 0.15) is 12.0 Å². The Morgan fingerprint density at radius 2 is 1.77 bits per heavy atom. The van der Waals surface area contributed by atoms with E-state index in [1.165, 1.54) is 11.6 Å². The van der Waals surface area contributed by atoms with E-state index >= 15 is 0 Å². The van der Waals surface area contributed by atoms with Crippen molar-refractivity contribution in [2.75, 3.05) is 13.6 Å². The fourth-order valence-electron chi connectivity index (χ4n) is 3.87. The molecular formula is C25H40N2O4. The zero-order valence-electron chi connectivity index (χ0n) is 19.0. The van der Waals surface area contributed by atoms with Gasteiger partial charge in [0.05, 0.1) is 0 Å². The lowest BCUT2D eigenvalue weighted by Gasteiger charge is -2.21. The summed E-state index contributed by atoms with van der Waals surface area (Å²) < 4.78 is 0. The van der Waals surface area contributed by atoms with Gasteiger partial charge in [0.2, 0.25) is 0 Å². The van der Waals surface area contributed by atoms with Gasteiger partial charge in [-0.05, 0) is 75.1 Å². The van der Waals surface area contributed by atoms with Crippen molar-refractivity contribution >= 4 is 12.3 Å². The van der Waals surface area contributed by atoms with Gasteiger partial charge in [0.15, 0.2) is 0 Å². The van der Waals surface area contributed by atoms with Crippen LogP contribution in [0.15, 0.2) is 36.4 Å². The number of carbonyl (C=O) groups is 2. The highest BCUT2D eigenvalue weighted by Crippen LogP contribution is 2.24. The normalized spacial score (nSPS) is 15.5. The molecule has 0 saturated carbocycles. The molecule has 4 unspecified atom stereocenters. The first-order chi connectivity index (χ1) is 14.8. The molecule has 6 heteroatoms. The zero-order valence-corrected chi connectivity index (χ0v) is 19.0. The van der Waals surface area contributed by atoms with E-state index in [4.69, 9.17) is 10.8 Å². The van der Waals surface area contributed by atoms with Crippen LogP contribution in [0.5, 0.6) is 5.75 Å². The molecular weight excluding hydrogens is 392 g/mol. The molecule has 31 heavy (non-hydrogen) atoms. The molecule has 0 saturated heterocycles. The number of hydrogen-bond acceptors (Lipinski definition) is 5. The smallest absolute Gasteiger partial charge is 0.327 e. The van der Waals surface area contributed by atoms with Crippen LogP contribution in [0, 0.1) is 17.8 Å². The van der Waals surface area contributed by atoms with Crippen molar-refractivity contribution in [1.82, 2.24) is 5.32 Å². The summed E-state index contributed by atoms with van der Waals surface area (Å²) in [7, 11) is 1.88. The van der Waals surface area contributed by atoms with Gasteiger partial charge in [-0.15, -0.1) is 0 Å². The number of carboxylic acid groups (broad SMARTS) is 1. The molecule has 0 spiro atoms. The number of phenols is 1. The van der Waals surface area contributed by atoms with Gasteiger partial charge >= 0.3 is 5.97 Å². The van der Waals surface area contributed by atoms with Crippen molar-refractivity contribution in [3.05, 3.63) is 42.0 Å². The maximum absolute atomic E-state index is 10.8. The first kappa shape index (κ1) is 26.9. The molecule has 1 aromatic rings. The highest BCUT2D eigenvalue weighted by molar-refractivity contribution is 5.79. The summed E-state index contributed by atoms with van der Waals surface area (Å²) in [6.07, 6.45) is 11.5. The lowest BCUT2D eigenvalue weighted by molar-refractivity contribution is -0.131. The van der Waals surface area contributed by atoms with Crippen molar-refractivity contribution in [3.8, 4) is 5.75 Å². The fraction of sp³-hybridized carbons (Fsp3) is 0.600. The van der Waals surface area contributed by atoms with Crippen LogP contribution in [0.25, 0.3) is 0 Å². The van der Waals surface area contributed by atoms with E-state index < -0.39 is 5.97 Å². The van der Waals surface area contributed by atoms with E-state index in [-0.39, 0.29) is 23.6 Å². The van der Waals surface area contributed by atoms with Crippen molar-refractivity contribution in [3.63, 3.8) is 0 Å². The second-order valence-electron chi connectivity index (χ2n) is 8.71. The summed E-state index contributed by atoms with van der Waals surface area (Å²) in [4.78, 5) is 21.6. The molecule has 6 nitrogen and oxygen atoms in total. The predicted molar refractivity (Wildman–Crippen MR) is 125 cm³/mol. The number of nitrogens with two attached hydrogens (primary N) is 1. The Morgan fingerprint density at radius 1 is 1.10 bits per heavy atom. The maximum atomic E-state index is 10.8. The summed E-state index contributed by atoms with van der Waals surface area (Å²) in [6, 6.07) is 7.47. The van der Waals surface area contributed by atoms with Crippen LogP contribution >= 0.6 is 0 Å². The summed E-state index contributed by atoms with van der Waals surface area (Å²) in [6.45, 7) is 2.68. The molecule has 1 aromatic carbocycles.